The van der Waals surface area contributed by atoms with Gasteiger partial charge in [-0.1, -0.05) is 0 Å². The molecule has 0 aliphatic carbocycles. The van der Waals surface area contributed by atoms with Gasteiger partial charge in [-0.2, -0.15) is 9.40 Å². The van der Waals surface area contributed by atoms with Crippen molar-refractivity contribution in [3.05, 3.63) is 29.3 Å². The molecule has 1 atom stereocenters. The molecular formula is C17H24N4O3S2. The fourth-order valence-electron chi connectivity index (χ4n) is 3.11. The van der Waals surface area contributed by atoms with Gasteiger partial charge in [0.1, 0.15) is 10.0 Å². The maximum absolute atomic E-state index is 12.8. The number of carbonyl (C=O) groups excluding carboxylic acids is 1. The predicted molar refractivity (Wildman–Crippen MR) is 102 cm³/mol. The number of rotatable bonds is 5. The van der Waals surface area contributed by atoms with Crippen molar-refractivity contribution in [2.75, 3.05) is 18.4 Å². The van der Waals surface area contributed by atoms with E-state index in [2.05, 4.69) is 10.4 Å². The van der Waals surface area contributed by atoms with Crippen LogP contribution in [-0.4, -0.2) is 41.5 Å². The summed E-state index contributed by atoms with van der Waals surface area (Å²) in [5, 5.41) is 7.11. The third-order valence-corrected chi connectivity index (χ3v) is 7.81. The highest BCUT2D eigenvalue weighted by Crippen LogP contribution is 2.28. The predicted octanol–water partition coefficient (Wildman–Crippen LogP) is 2.87. The smallest absolute Gasteiger partial charge is 0.252 e. The van der Waals surface area contributed by atoms with Crippen LogP contribution in [0.4, 0.5) is 5.82 Å². The van der Waals surface area contributed by atoms with Gasteiger partial charge in [-0.05, 0) is 45.7 Å². The lowest BCUT2D eigenvalue weighted by Gasteiger charge is -2.30. The molecule has 9 heteroatoms. The summed E-state index contributed by atoms with van der Waals surface area (Å²) in [6.45, 7) is 6.52. The molecule has 1 unspecified atom stereocenters. The van der Waals surface area contributed by atoms with E-state index in [9.17, 15) is 13.2 Å². The van der Waals surface area contributed by atoms with Gasteiger partial charge in [0.15, 0.2) is 0 Å². The molecule has 0 saturated carbocycles. The van der Waals surface area contributed by atoms with Crippen molar-refractivity contribution >= 4 is 33.1 Å². The summed E-state index contributed by atoms with van der Waals surface area (Å²) in [6, 6.07) is 5.33. The van der Waals surface area contributed by atoms with Crippen LogP contribution in [0.3, 0.4) is 0 Å². The maximum Gasteiger partial charge on any atom is 0.252 e. The van der Waals surface area contributed by atoms with Gasteiger partial charge in [-0.3, -0.25) is 4.79 Å². The zero-order valence-electron chi connectivity index (χ0n) is 15.2. The molecule has 1 aliphatic heterocycles. The summed E-state index contributed by atoms with van der Waals surface area (Å²) >= 11 is 1.27. The number of hydrogen-bond acceptors (Lipinski definition) is 5. The van der Waals surface area contributed by atoms with Gasteiger partial charge >= 0.3 is 0 Å². The van der Waals surface area contributed by atoms with Crippen LogP contribution >= 0.6 is 11.3 Å². The van der Waals surface area contributed by atoms with Gasteiger partial charge in [-0.25, -0.2) is 13.1 Å². The molecule has 3 rings (SSSR count). The molecular weight excluding hydrogens is 372 g/mol. The van der Waals surface area contributed by atoms with Crippen molar-refractivity contribution in [1.82, 2.24) is 14.1 Å². The molecule has 2 aromatic heterocycles. The number of aryl methyl sites for hydroxylation is 1. The number of nitrogens with zero attached hydrogens (tertiary/aromatic N) is 3. The summed E-state index contributed by atoms with van der Waals surface area (Å²) < 4.78 is 29.2. The molecule has 1 aliphatic rings. The molecule has 0 aromatic carbocycles. The molecule has 142 valence electrons. The van der Waals surface area contributed by atoms with Gasteiger partial charge in [0.05, 0.1) is 12.1 Å². The minimum atomic E-state index is -3.54. The highest BCUT2D eigenvalue weighted by atomic mass is 32.2. The van der Waals surface area contributed by atoms with Gasteiger partial charge < -0.3 is 5.32 Å². The van der Waals surface area contributed by atoms with E-state index in [4.69, 9.17) is 0 Å². The molecule has 7 nitrogen and oxygen atoms in total. The van der Waals surface area contributed by atoms with Crippen molar-refractivity contribution in [2.24, 2.45) is 5.92 Å². The summed E-state index contributed by atoms with van der Waals surface area (Å²) in [6.07, 6.45) is 2.99. The van der Waals surface area contributed by atoms with Gasteiger partial charge in [0.2, 0.25) is 5.91 Å². The first-order chi connectivity index (χ1) is 12.3. The van der Waals surface area contributed by atoms with E-state index in [1.165, 1.54) is 15.6 Å². The lowest BCUT2D eigenvalue weighted by molar-refractivity contribution is -0.120. The first-order valence-electron chi connectivity index (χ1n) is 8.70. The van der Waals surface area contributed by atoms with Gasteiger partial charge in [0.25, 0.3) is 10.0 Å². The van der Waals surface area contributed by atoms with E-state index in [0.29, 0.717) is 29.4 Å². The summed E-state index contributed by atoms with van der Waals surface area (Å²) in [4.78, 5) is 13.6. The summed E-state index contributed by atoms with van der Waals surface area (Å²) in [5.74, 6) is 0.114. The number of amides is 1. The summed E-state index contributed by atoms with van der Waals surface area (Å²) in [7, 11) is -3.54. The Labute approximate surface area is 158 Å². The second-order valence-electron chi connectivity index (χ2n) is 6.81. The minimum absolute atomic E-state index is 0.130. The second kappa shape index (κ2) is 7.50. The highest BCUT2D eigenvalue weighted by molar-refractivity contribution is 7.91. The SMILES string of the molecule is Cc1ccc(S(=O)(=O)N2CCCC(C(=O)Nc3ccnn3C(C)C)C2)s1. The van der Waals surface area contributed by atoms with E-state index in [1.807, 2.05) is 20.8 Å². The Morgan fingerprint density at radius 3 is 2.77 bits per heavy atom. The number of nitrogens with one attached hydrogen (secondary N) is 1. The lowest BCUT2D eigenvalue weighted by atomic mass is 9.99. The maximum atomic E-state index is 12.8. The number of piperidine rings is 1. The summed E-state index contributed by atoms with van der Waals surface area (Å²) in [5.41, 5.74) is 0. The Bertz CT molecular complexity index is 885. The molecule has 0 radical (unpaired) electrons. The molecule has 1 N–H and O–H groups in total. The largest absolute Gasteiger partial charge is 0.311 e. The Hall–Kier alpha value is -1.71. The number of thiophene rings is 1. The normalized spacial score (nSPS) is 19.0. The first-order valence-corrected chi connectivity index (χ1v) is 11.0. The third-order valence-electron chi connectivity index (χ3n) is 4.48. The first kappa shape index (κ1) is 19.1. The Morgan fingerprint density at radius 1 is 1.35 bits per heavy atom. The van der Waals surface area contributed by atoms with Crippen molar-refractivity contribution in [3.63, 3.8) is 0 Å². The van der Waals surface area contributed by atoms with E-state index in [1.54, 1.807) is 29.1 Å². The molecule has 1 saturated heterocycles. The standard InChI is InChI=1S/C17H24N4O3S2/c1-12(2)21-15(8-9-18-21)19-17(22)14-5-4-10-20(11-14)26(23,24)16-7-6-13(3)25-16/h6-9,12,14H,4-5,10-11H2,1-3H3,(H,19,22). The highest BCUT2D eigenvalue weighted by Gasteiger charge is 2.34. The average molecular weight is 397 g/mol. The van der Waals surface area contributed by atoms with E-state index >= 15 is 0 Å². The molecule has 26 heavy (non-hydrogen) atoms. The molecule has 0 spiro atoms. The number of aromatic nitrogens is 2. The van der Waals surface area contributed by atoms with Crippen LogP contribution in [0.2, 0.25) is 0 Å². The molecule has 2 aromatic rings. The van der Waals surface area contributed by atoms with E-state index < -0.39 is 10.0 Å². The van der Waals surface area contributed by atoms with Crippen LogP contribution in [0.15, 0.2) is 28.6 Å². The zero-order valence-corrected chi connectivity index (χ0v) is 16.8. The van der Waals surface area contributed by atoms with Crippen molar-refractivity contribution < 1.29 is 13.2 Å². The third kappa shape index (κ3) is 3.84. The number of carbonyl (C=O) groups is 1. The van der Waals surface area contributed by atoms with Gasteiger partial charge in [-0.15, -0.1) is 11.3 Å². The Morgan fingerprint density at radius 2 is 2.12 bits per heavy atom. The van der Waals surface area contributed by atoms with Crippen LogP contribution < -0.4 is 5.32 Å². The van der Waals surface area contributed by atoms with E-state index in [0.717, 1.165) is 4.88 Å². The van der Waals surface area contributed by atoms with Crippen LogP contribution in [0.1, 0.15) is 37.6 Å². The zero-order chi connectivity index (χ0) is 18.9. The molecule has 3 heterocycles. The topological polar surface area (TPSA) is 84.3 Å². The number of sulfonamides is 1. The van der Waals surface area contributed by atoms with Crippen molar-refractivity contribution in [3.8, 4) is 0 Å². The fourth-order valence-corrected chi connectivity index (χ4v) is 6.07. The molecule has 1 fully saturated rings. The average Bonchev–Trinajstić information content (AvgIpc) is 3.24. The van der Waals surface area contributed by atoms with Crippen molar-refractivity contribution in [1.29, 1.82) is 0 Å². The lowest BCUT2D eigenvalue weighted by Crippen LogP contribution is -2.43. The van der Waals surface area contributed by atoms with E-state index in [-0.39, 0.29) is 24.4 Å². The number of anilines is 1. The quantitative estimate of drug-likeness (QED) is 0.842. The van der Waals surface area contributed by atoms with Crippen molar-refractivity contribution in [2.45, 2.75) is 43.9 Å². The van der Waals surface area contributed by atoms with Gasteiger partial charge in [0, 0.05) is 30.1 Å². The van der Waals surface area contributed by atoms with Crippen LogP contribution in [0, 0.1) is 12.8 Å². The molecule has 1 amide bonds. The van der Waals surface area contributed by atoms with Crippen LogP contribution in [0.5, 0.6) is 0 Å². The monoisotopic (exact) mass is 396 g/mol. The second-order valence-corrected chi connectivity index (χ2v) is 10.3. The minimum Gasteiger partial charge on any atom is -0.311 e. The molecule has 0 bridgehead atoms. The van der Waals surface area contributed by atoms with Crippen LogP contribution in [0.25, 0.3) is 0 Å². The number of hydrogen-bond donors (Lipinski definition) is 1. The fraction of sp³-hybridized carbons (Fsp3) is 0.529. The Kier molecular flexibility index (Phi) is 5.50. The van der Waals surface area contributed by atoms with Crippen LogP contribution in [-0.2, 0) is 14.8 Å². The Balaban J connectivity index is 1.72.